The molecule has 1 saturated carbocycles. The van der Waals surface area contributed by atoms with E-state index in [1.54, 1.807) is 4.68 Å². The molecular formula is C16H19N5O2. The monoisotopic (exact) mass is 313 g/mol. The van der Waals surface area contributed by atoms with Crippen molar-refractivity contribution in [2.75, 3.05) is 0 Å². The predicted octanol–water partition coefficient (Wildman–Crippen LogP) is 1.09. The van der Waals surface area contributed by atoms with Crippen molar-refractivity contribution < 1.29 is 9.52 Å². The van der Waals surface area contributed by atoms with E-state index in [9.17, 15) is 10.0 Å². The van der Waals surface area contributed by atoms with Crippen LogP contribution in [0.3, 0.4) is 0 Å². The van der Waals surface area contributed by atoms with Crippen molar-refractivity contribution in [2.24, 2.45) is 5.92 Å². The Bertz CT molecular complexity index is 805. The fraction of sp³-hybridized carbons (Fsp3) is 0.500. The summed E-state index contributed by atoms with van der Waals surface area (Å²) in [5.74, 6) is 1.34. The lowest BCUT2D eigenvalue weighted by Gasteiger charge is -2.19. The number of aromatic nitrogens is 4. The maximum Gasteiger partial charge on any atom is 0.272 e. The van der Waals surface area contributed by atoms with Gasteiger partial charge in [-0.2, -0.15) is 9.83 Å². The van der Waals surface area contributed by atoms with Crippen LogP contribution in [0.15, 0.2) is 18.6 Å². The SMILES string of the molecule is CC(C)(C)NC(=O)c1nn(-c2c[n+]([O-])ccn2)c2c1C[C@H]1C[C@@H]21. The molecule has 2 aliphatic rings. The summed E-state index contributed by atoms with van der Waals surface area (Å²) in [6, 6.07) is 0. The third kappa shape index (κ3) is 2.36. The summed E-state index contributed by atoms with van der Waals surface area (Å²) in [6.45, 7) is 5.83. The van der Waals surface area contributed by atoms with Gasteiger partial charge in [0.15, 0.2) is 11.9 Å². The highest BCUT2D eigenvalue weighted by Crippen LogP contribution is 2.57. The van der Waals surface area contributed by atoms with Crippen LogP contribution in [0.2, 0.25) is 0 Å². The first-order valence-corrected chi connectivity index (χ1v) is 7.83. The van der Waals surface area contributed by atoms with Gasteiger partial charge in [0, 0.05) is 17.0 Å². The van der Waals surface area contributed by atoms with E-state index in [1.807, 2.05) is 20.8 Å². The third-order valence-corrected chi connectivity index (χ3v) is 4.35. The predicted molar refractivity (Wildman–Crippen MR) is 82.1 cm³/mol. The number of nitrogens with zero attached hydrogens (tertiary/aromatic N) is 4. The standard InChI is InChI=1S/C16H19N5O2/c1-16(2,3)18-15(22)13-11-7-9-6-10(9)14(11)21(19-13)12-8-20(23)5-4-17-12/h4-5,8-10H,6-7H2,1-3H3,(H,18,22)/t9-,10-/m1/s1. The molecule has 120 valence electrons. The van der Waals surface area contributed by atoms with Crippen LogP contribution in [0.1, 0.15) is 54.9 Å². The molecule has 0 unspecified atom stereocenters. The van der Waals surface area contributed by atoms with Crippen molar-refractivity contribution >= 4 is 5.91 Å². The van der Waals surface area contributed by atoms with Gasteiger partial charge >= 0.3 is 0 Å². The lowest BCUT2D eigenvalue weighted by molar-refractivity contribution is -0.605. The zero-order valence-electron chi connectivity index (χ0n) is 13.4. The summed E-state index contributed by atoms with van der Waals surface area (Å²) in [5, 5.41) is 19.0. The Balaban J connectivity index is 1.80. The molecule has 0 saturated heterocycles. The summed E-state index contributed by atoms with van der Waals surface area (Å²) in [4.78, 5) is 16.8. The molecule has 0 bridgehead atoms. The van der Waals surface area contributed by atoms with Crippen LogP contribution in [-0.2, 0) is 6.42 Å². The van der Waals surface area contributed by atoms with Crippen molar-refractivity contribution in [3.05, 3.63) is 40.7 Å². The van der Waals surface area contributed by atoms with Crippen LogP contribution in [-0.4, -0.2) is 26.2 Å². The van der Waals surface area contributed by atoms with Gasteiger partial charge in [-0.15, -0.1) is 0 Å². The quantitative estimate of drug-likeness (QED) is 0.664. The fourth-order valence-corrected chi connectivity index (χ4v) is 3.35. The van der Waals surface area contributed by atoms with Crippen LogP contribution in [0.4, 0.5) is 0 Å². The molecule has 7 nitrogen and oxygen atoms in total. The molecule has 2 aliphatic carbocycles. The van der Waals surface area contributed by atoms with Crippen LogP contribution < -0.4 is 10.0 Å². The zero-order valence-corrected chi connectivity index (χ0v) is 13.4. The van der Waals surface area contributed by atoms with Gasteiger partial charge in [0.25, 0.3) is 5.91 Å². The molecule has 2 heterocycles. The Morgan fingerprint density at radius 3 is 2.96 bits per heavy atom. The van der Waals surface area contributed by atoms with Crippen LogP contribution >= 0.6 is 0 Å². The van der Waals surface area contributed by atoms with Crippen LogP contribution in [0, 0.1) is 11.1 Å². The molecule has 1 fully saturated rings. The normalized spacial score (nSPS) is 21.7. The van der Waals surface area contributed by atoms with E-state index in [-0.39, 0.29) is 11.4 Å². The molecule has 0 spiro atoms. The number of nitrogens with one attached hydrogen (secondary N) is 1. The molecule has 0 aromatic carbocycles. The maximum absolute atomic E-state index is 12.6. The minimum absolute atomic E-state index is 0.167. The molecule has 2 aromatic rings. The van der Waals surface area contributed by atoms with E-state index in [0.29, 0.717) is 28.1 Å². The van der Waals surface area contributed by atoms with Crippen LogP contribution in [0.5, 0.6) is 0 Å². The van der Waals surface area contributed by atoms with E-state index in [1.165, 1.54) is 18.6 Å². The van der Waals surface area contributed by atoms with E-state index in [2.05, 4.69) is 15.4 Å². The molecule has 7 heteroatoms. The van der Waals surface area contributed by atoms with Crippen molar-refractivity contribution in [3.63, 3.8) is 0 Å². The Labute approximate surface area is 133 Å². The molecule has 4 rings (SSSR count). The maximum atomic E-state index is 12.6. The van der Waals surface area contributed by atoms with Gasteiger partial charge in [0.1, 0.15) is 0 Å². The molecule has 23 heavy (non-hydrogen) atoms. The van der Waals surface area contributed by atoms with Crippen molar-refractivity contribution in [1.82, 2.24) is 20.1 Å². The Kier molecular flexibility index (Phi) is 2.79. The van der Waals surface area contributed by atoms with Gasteiger partial charge < -0.3 is 10.5 Å². The first-order valence-electron chi connectivity index (χ1n) is 7.83. The van der Waals surface area contributed by atoms with E-state index in [0.717, 1.165) is 24.1 Å². The Hall–Kier alpha value is -2.44. The van der Waals surface area contributed by atoms with E-state index in [4.69, 9.17) is 0 Å². The molecule has 0 aliphatic heterocycles. The second kappa shape index (κ2) is 4.53. The third-order valence-electron chi connectivity index (χ3n) is 4.35. The second-order valence-corrected chi connectivity index (χ2v) is 7.41. The molecular weight excluding hydrogens is 294 g/mol. The van der Waals surface area contributed by atoms with Crippen molar-refractivity contribution in [2.45, 2.75) is 45.1 Å². The molecule has 1 amide bonds. The molecule has 0 radical (unpaired) electrons. The molecule has 2 aromatic heterocycles. The lowest BCUT2D eigenvalue weighted by atomic mass is 10.1. The second-order valence-electron chi connectivity index (χ2n) is 7.41. The van der Waals surface area contributed by atoms with Crippen molar-refractivity contribution in [3.8, 4) is 5.82 Å². The molecule has 1 N–H and O–H groups in total. The largest absolute Gasteiger partial charge is 0.619 e. The average molecular weight is 313 g/mol. The topological polar surface area (TPSA) is 86.8 Å². The molecule has 2 atom stereocenters. The number of carbonyl (C=O) groups excluding carboxylic acids is 1. The minimum Gasteiger partial charge on any atom is -0.619 e. The van der Waals surface area contributed by atoms with Gasteiger partial charge in [-0.1, -0.05) is 0 Å². The highest BCUT2D eigenvalue weighted by atomic mass is 16.5. The van der Waals surface area contributed by atoms with Gasteiger partial charge in [0.2, 0.25) is 12.0 Å². The minimum atomic E-state index is -0.321. The fourth-order valence-electron chi connectivity index (χ4n) is 3.35. The number of carbonyl (C=O) groups is 1. The van der Waals surface area contributed by atoms with Crippen LogP contribution in [0.25, 0.3) is 5.82 Å². The summed E-state index contributed by atoms with van der Waals surface area (Å²) in [5.41, 5.74) is 2.20. The first kappa shape index (κ1) is 14.2. The Morgan fingerprint density at radius 2 is 2.26 bits per heavy atom. The average Bonchev–Trinajstić information content (AvgIpc) is 2.94. The number of rotatable bonds is 2. The summed E-state index contributed by atoms with van der Waals surface area (Å²) < 4.78 is 2.38. The van der Waals surface area contributed by atoms with Gasteiger partial charge in [-0.3, -0.25) is 4.79 Å². The van der Waals surface area contributed by atoms with Gasteiger partial charge in [-0.25, -0.2) is 9.67 Å². The van der Waals surface area contributed by atoms with Gasteiger partial charge in [0.05, 0.1) is 11.9 Å². The first-order chi connectivity index (χ1) is 10.8. The summed E-state index contributed by atoms with van der Waals surface area (Å²) in [7, 11) is 0. The Morgan fingerprint density at radius 1 is 1.48 bits per heavy atom. The van der Waals surface area contributed by atoms with E-state index >= 15 is 0 Å². The summed E-state index contributed by atoms with van der Waals surface area (Å²) >= 11 is 0. The number of hydrogen-bond acceptors (Lipinski definition) is 4. The number of fused-ring (bicyclic) bond motifs is 3. The smallest absolute Gasteiger partial charge is 0.272 e. The van der Waals surface area contributed by atoms with E-state index < -0.39 is 0 Å². The van der Waals surface area contributed by atoms with Crippen molar-refractivity contribution in [1.29, 1.82) is 0 Å². The lowest BCUT2D eigenvalue weighted by Crippen LogP contribution is -2.41. The highest BCUT2D eigenvalue weighted by Gasteiger charge is 2.50. The number of hydrogen-bond donors (Lipinski definition) is 1. The highest BCUT2D eigenvalue weighted by molar-refractivity contribution is 5.95. The number of amides is 1. The van der Waals surface area contributed by atoms with Gasteiger partial charge in [-0.05, 0) is 39.5 Å². The summed E-state index contributed by atoms with van der Waals surface area (Å²) in [6.07, 6.45) is 6.18. The zero-order chi connectivity index (χ0) is 16.4.